The fraction of sp³-hybridized carbons (Fsp3) is 0.522. The maximum absolute atomic E-state index is 13.4. The van der Waals surface area contributed by atoms with Crippen LogP contribution in [0.25, 0.3) is 0 Å². The van der Waals surface area contributed by atoms with Crippen LogP contribution in [0.3, 0.4) is 0 Å². The molecule has 0 spiro atoms. The van der Waals surface area contributed by atoms with Crippen LogP contribution in [-0.2, 0) is 29.0 Å². The molecule has 7 nitrogen and oxygen atoms in total. The maximum Gasteiger partial charge on any atom is 0.237 e. The van der Waals surface area contributed by atoms with Crippen LogP contribution in [0.5, 0.6) is 0 Å². The van der Waals surface area contributed by atoms with Gasteiger partial charge in [0.2, 0.25) is 11.8 Å². The average Bonchev–Trinajstić information content (AvgIpc) is 3.34. The molecule has 0 bridgehead atoms. The predicted octanol–water partition coefficient (Wildman–Crippen LogP) is 2.17. The third kappa shape index (κ3) is 4.08. The van der Waals surface area contributed by atoms with Crippen molar-refractivity contribution in [3.63, 3.8) is 0 Å². The van der Waals surface area contributed by atoms with E-state index < -0.39 is 0 Å². The average molecular weight is 445 g/mol. The SMILES string of the molecule is CC[C@@H]1[C@H](C(=O)N2CCc3oc(Cc4ccccc4)nc3C2)C[C@@H]2CNCC(=O)N21.Cl. The molecule has 166 valence electrons. The van der Waals surface area contributed by atoms with Gasteiger partial charge in [-0.3, -0.25) is 9.59 Å². The number of nitrogens with one attached hydrogen (secondary N) is 1. The van der Waals surface area contributed by atoms with Crippen molar-refractivity contribution in [2.75, 3.05) is 19.6 Å². The van der Waals surface area contributed by atoms with E-state index in [1.165, 1.54) is 0 Å². The Morgan fingerprint density at radius 1 is 1.29 bits per heavy atom. The second kappa shape index (κ2) is 9.01. The summed E-state index contributed by atoms with van der Waals surface area (Å²) in [6, 6.07) is 10.3. The summed E-state index contributed by atoms with van der Waals surface area (Å²) in [6.45, 7) is 4.38. The minimum Gasteiger partial charge on any atom is -0.445 e. The van der Waals surface area contributed by atoms with E-state index in [9.17, 15) is 9.59 Å². The van der Waals surface area contributed by atoms with Crippen LogP contribution in [0.1, 0.15) is 42.7 Å². The van der Waals surface area contributed by atoms with Gasteiger partial charge in [-0.1, -0.05) is 37.3 Å². The van der Waals surface area contributed by atoms with Gasteiger partial charge in [0, 0.05) is 38.0 Å². The molecule has 2 fully saturated rings. The number of carbonyl (C=O) groups is 2. The van der Waals surface area contributed by atoms with Gasteiger partial charge in [0.25, 0.3) is 0 Å². The zero-order valence-corrected chi connectivity index (χ0v) is 18.6. The van der Waals surface area contributed by atoms with Gasteiger partial charge in [-0.05, 0) is 18.4 Å². The molecule has 3 aliphatic rings. The highest BCUT2D eigenvalue weighted by atomic mass is 35.5. The number of piperazine rings is 1. The topological polar surface area (TPSA) is 78.7 Å². The van der Waals surface area contributed by atoms with Crippen LogP contribution < -0.4 is 5.32 Å². The van der Waals surface area contributed by atoms with E-state index in [1.807, 2.05) is 28.0 Å². The summed E-state index contributed by atoms with van der Waals surface area (Å²) in [5.41, 5.74) is 2.04. The Hall–Kier alpha value is -2.38. The summed E-state index contributed by atoms with van der Waals surface area (Å²) in [4.78, 5) is 34.4. The quantitative estimate of drug-likeness (QED) is 0.781. The molecule has 1 N–H and O–H groups in total. The largest absolute Gasteiger partial charge is 0.445 e. The molecule has 0 unspecified atom stereocenters. The van der Waals surface area contributed by atoms with Gasteiger partial charge >= 0.3 is 0 Å². The fourth-order valence-electron chi connectivity index (χ4n) is 5.30. The van der Waals surface area contributed by atoms with Crippen molar-refractivity contribution in [3.05, 3.63) is 53.2 Å². The van der Waals surface area contributed by atoms with Crippen molar-refractivity contribution in [3.8, 4) is 0 Å². The Morgan fingerprint density at radius 2 is 2.10 bits per heavy atom. The lowest BCUT2D eigenvalue weighted by atomic mass is 9.94. The van der Waals surface area contributed by atoms with Crippen molar-refractivity contribution < 1.29 is 14.0 Å². The molecule has 2 saturated heterocycles. The number of halogens is 1. The number of benzene rings is 1. The summed E-state index contributed by atoms with van der Waals surface area (Å²) >= 11 is 0. The monoisotopic (exact) mass is 444 g/mol. The number of rotatable bonds is 4. The number of carbonyl (C=O) groups excluding carboxylic acids is 2. The third-order valence-corrected chi connectivity index (χ3v) is 6.70. The molecule has 4 heterocycles. The summed E-state index contributed by atoms with van der Waals surface area (Å²) in [5, 5.41) is 3.19. The van der Waals surface area contributed by atoms with Crippen molar-refractivity contribution in [1.29, 1.82) is 0 Å². The van der Waals surface area contributed by atoms with Crippen LogP contribution >= 0.6 is 12.4 Å². The molecule has 3 aliphatic heterocycles. The molecule has 5 rings (SSSR count). The Kier molecular flexibility index (Phi) is 6.34. The lowest BCUT2D eigenvalue weighted by Crippen LogP contribution is -2.55. The van der Waals surface area contributed by atoms with Crippen LogP contribution in [0, 0.1) is 5.92 Å². The first-order valence-corrected chi connectivity index (χ1v) is 11.0. The molecule has 3 atom stereocenters. The standard InChI is InChI=1S/C23H28N4O3.ClH/c1-2-19-17(11-16-12-24-13-22(28)27(16)19)23(29)26-9-8-20-18(14-26)25-21(30-20)10-15-6-4-3-5-7-15;/h3-7,16-17,19,24H,2,8-14H2,1H3;1H/t16-,17-,19-;/m1./s1. The maximum atomic E-state index is 13.4. The van der Waals surface area contributed by atoms with E-state index in [2.05, 4.69) is 24.4 Å². The van der Waals surface area contributed by atoms with Gasteiger partial charge in [0.1, 0.15) is 11.5 Å². The lowest BCUT2D eigenvalue weighted by molar-refractivity contribution is -0.139. The summed E-state index contributed by atoms with van der Waals surface area (Å²) in [5.74, 6) is 1.77. The molecule has 2 aromatic rings. The van der Waals surface area contributed by atoms with Gasteiger partial charge in [-0.25, -0.2) is 4.98 Å². The van der Waals surface area contributed by atoms with Crippen LogP contribution in [0.15, 0.2) is 34.7 Å². The molecule has 1 aromatic heterocycles. The molecule has 0 saturated carbocycles. The molecule has 1 aromatic carbocycles. The zero-order valence-electron chi connectivity index (χ0n) is 17.8. The number of aromatic nitrogens is 1. The summed E-state index contributed by atoms with van der Waals surface area (Å²) < 4.78 is 5.99. The smallest absolute Gasteiger partial charge is 0.237 e. The fourth-order valence-corrected chi connectivity index (χ4v) is 5.30. The van der Waals surface area contributed by atoms with E-state index in [0.29, 0.717) is 38.4 Å². The third-order valence-electron chi connectivity index (χ3n) is 6.70. The first-order valence-electron chi connectivity index (χ1n) is 11.0. The first kappa shape index (κ1) is 21.8. The molecular weight excluding hydrogens is 416 g/mol. The predicted molar refractivity (Wildman–Crippen MR) is 118 cm³/mol. The minimum absolute atomic E-state index is 0. The summed E-state index contributed by atoms with van der Waals surface area (Å²) in [6.07, 6.45) is 2.91. The molecule has 0 radical (unpaired) electrons. The van der Waals surface area contributed by atoms with Gasteiger partial charge in [0.15, 0.2) is 5.89 Å². The normalized spacial score (nSPS) is 25.1. The number of oxazole rings is 1. The van der Waals surface area contributed by atoms with Gasteiger partial charge in [-0.2, -0.15) is 0 Å². The van der Waals surface area contributed by atoms with E-state index in [1.54, 1.807) is 0 Å². The second-order valence-corrected chi connectivity index (χ2v) is 8.55. The second-order valence-electron chi connectivity index (χ2n) is 8.55. The van der Waals surface area contributed by atoms with Gasteiger partial charge in [-0.15, -0.1) is 12.4 Å². The van der Waals surface area contributed by atoms with E-state index >= 15 is 0 Å². The van der Waals surface area contributed by atoms with Crippen LogP contribution in [0.2, 0.25) is 0 Å². The molecule has 8 heteroatoms. The summed E-state index contributed by atoms with van der Waals surface area (Å²) in [7, 11) is 0. The van der Waals surface area contributed by atoms with E-state index in [0.717, 1.165) is 36.4 Å². The molecular formula is C23H29ClN4O3. The zero-order chi connectivity index (χ0) is 20.7. The molecule has 31 heavy (non-hydrogen) atoms. The van der Waals surface area contributed by atoms with Crippen molar-refractivity contribution in [2.45, 2.75) is 51.2 Å². The van der Waals surface area contributed by atoms with E-state index in [-0.39, 0.29) is 42.2 Å². The van der Waals surface area contributed by atoms with Gasteiger partial charge in [0.05, 0.1) is 19.0 Å². The lowest BCUT2D eigenvalue weighted by Gasteiger charge is -2.35. The Bertz CT molecular complexity index is 948. The first-order chi connectivity index (χ1) is 14.6. The molecule has 0 aliphatic carbocycles. The highest BCUT2D eigenvalue weighted by Crippen LogP contribution is 2.35. The number of amides is 2. The Balaban J connectivity index is 0.00000231. The highest BCUT2D eigenvalue weighted by molar-refractivity contribution is 5.85. The van der Waals surface area contributed by atoms with Crippen molar-refractivity contribution in [1.82, 2.24) is 20.1 Å². The Labute approximate surface area is 188 Å². The number of nitrogens with zero attached hydrogens (tertiary/aromatic N) is 3. The number of hydrogen-bond acceptors (Lipinski definition) is 5. The molecule has 2 amide bonds. The minimum atomic E-state index is -0.124. The Morgan fingerprint density at radius 3 is 2.87 bits per heavy atom. The van der Waals surface area contributed by atoms with Crippen LogP contribution in [-0.4, -0.2) is 58.3 Å². The number of hydrogen-bond donors (Lipinski definition) is 1. The van der Waals surface area contributed by atoms with Crippen molar-refractivity contribution in [2.24, 2.45) is 5.92 Å². The van der Waals surface area contributed by atoms with Crippen molar-refractivity contribution >= 4 is 24.2 Å². The highest BCUT2D eigenvalue weighted by Gasteiger charge is 2.48. The van der Waals surface area contributed by atoms with Crippen LogP contribution in [0.4, 0.5) is 0 Å². The van der Waals surface area contributed by atoms with Gasteiger partial charge < -0.3 is 19.5 Å². The van der Waals surface area contributed by atoms with E-state index in [4.69, 9.17) is 9.40 Å². The number of fused-ring (bicyclic) bond motifs is 2.